The van der Waals surface area contributed by atoms with Crippen LogP contribution in [0.2, 0.25) is 0 Å². The number of aliphatic hydroxyl groups is 5. The predicted molar refractivity (Wildman–Crippen MR) is 276 cm³/mol. The molecule has 1 aliphatic heterocycles. The van der Waals surface area contributed by atoms with Crippen molar-refractivity contribution in [2.24, 2.45) is 0 Å². The summed E-state index contributed by atoms with van der Waals surface area (Å²) in [4.78, 5) is 13.0. The second-order valence-electron chi connectivity index (χ2n) is 19.4. The molecular formula is C57H105NO8. The molecule has 0 aromatic heterocycles. The first-order valence-corrected chi connectivity index (χ1v) is 27.9. The van der Waals surface area contributed by atoms with E-state index in [0.717, 1.165) is 44.9 Å². The molecule has 66 heavy (non-hydrogen) atoms. The summed E-state index contributed by atoms with van der Waals surface area (Å²) in [6, 6.07) is -0.819. The lowest BCUT2D eigenvalue weighted by atomic mass is 9.99. The lowest BCUT2D eigenvalue weighted by Gasteiger charge is -2.40. The van der Waals surface area contributed by atoms with Gasteiger partial charge in [-0.3, -0.25) is 4.79 Å². The number of ether oxygens (including phenoxy) is 2. The number of hydrogen-bond donors (Lipinski definition) is 6. The van der Waals surface area contributed by atoms with Gasteiger partial charge in [-0.15, -0.1) is 0 Å². The average Bonchev–Trinajstić information content (AvgIpc) is 3.32. The van der Waals surface area contributed by atoms with Crippen molar-refractivity contribution < 1.29 is 39.8 Å². The van der Waals surface area contributed by atoms with Crippen molar-refractivity contribution in [1.29, 1.82) is 0 Å². The Bertz CT molecular complexity index is 1170. The first-order chi connectivity index (χ1) is 32.3. The van der Waals surface area contributed by atoms with Gasteiger partial charge in [0, 0.05) is 6.42 Å². The topological polar surface area (TPSA) is 149 Å². The van der Waals surface area contributed by atoms with Gasteiger partial charge < -0.3 is 40.3 Å². The second kappa shape index (κ2) is 46.9. The van der Waals surface area contributed by atoms with E-state index in [-0.39, 0.29) is 12.5 Å². The molecule has 0 spiro atoms. The lowest BCUT2D eigenvalue weighted by molar-refractivity contribution is -0.302. The highest BCUT2D eigenvalue weighted by Gasteiger charge is 2.44. The van der Waals surface area contributed by atoms with Crippen LogP contribution in [-0.4, -0.2) is 87.5 Å². The maximum absolute atomic E-state index is 13.0. The molecule has 0 aromatic carbocycles. The Hall–Kier alpha value is -1.85. The molecule has 6 N–H and O–H groups in total. The van der Waals surface area contributed by atoms with Crippen LogP contribution in [0.15, 0.2) is 48.6 Å². The smallest absolute Gasteiger partial charge is 0.220 e. The summed E-state index contributed by atoms with van der Waals surface area (Å²) in [7, 11) is 0. The Morgan fingerprint density at radius 3 is 1.38 bits per heavy atom. The molecule has 386 valence electrons. The Morgan fingerprint density at radius 1 is 0.515 bits per heavy atom. The molecular weight excluding hydrogens is 827 g/mol. The summed E-state index contributed by atoms with van der Waals surface area (Å²) in [5.41, 5.74) is 0. The fourth-order valence-corrected chi connectivity index (χ4v) is 8.67. The molecule has 7 atom stereocenters. The number of aliphatic hydroxyl groups excluding tert-OH is 5. The van der Waals surface area contributed by atoms with E-state index in [1.165, 1.54) is 186 Å². The maximum atomic E-state index is 13.0. The molecule has 0 bridgehead atoms. The number of carbonyl (C=O) groups excluding carboxylic acids is 1. The van der Waals surface area contributed by atoms with Crippen LogP contribution >= 0.6 is 0 Å². The zero-order chi connectivity index (χ0) is 48.0. The first kappa shape index (κ1) is 62.2. The van der Waals surface area contributed by atoms with Gasteiger partial charge in [0.15, 0.2) is 6.29 Å². The zero-order valence-electron chi connectivity index (χ0n) is 42.7. The largest absolute Gasteiger partial charge is 0.394 e. The van der Waals surface area contributed by atoms with Gasteiger partial charge >= 0.3 is 0 Å². The third-order valence-electron chi connectivity index (χ3n) is 13.1. The zero-order valence-corrected chi connectivity index (χ0v) is 42.7. The summed E-state index contributed by atoms with van der Waals surface area (Å²) in [6.07, 6.45) is 54.9. The molecule has 1 heterocycles. The number of unbranched alkanes of at least 4 members (excludes halogenated alkanes) is 31. The van der Waals surface area contributed by atoms with E-state index in [2.05, 4.69) is 55.6 Å². The van der Waals surface area contributed by atoms with Crippen molar-refractivity contribution in [1.82, 2.24) is 5.32 Å². The van der Waals surface area contributed by atoms with E-state index in [4.69, 9.17) is 9.47 Å². The van der Waals surface area contributed by atoms with Gasteiger partial charge in [0.25, 0.3) is 0 Å². The Morgan fingerprint density at radius 2 is 0.909 bits per heavy atom. The van der Waals surface area contributed by atoms with Crippen LogP contribution < -0.4 is 5.32 Å². The lowest BCUT2D eigenvalue weighted by Crippen LogP contribution is -2.60. The van der Waals surface area contributed by atoms with Crippen molar-refractivity contribution in [2.45, 2.75) is 294 Å². The minimum atomic E-state index is -1.57. The van der Waals surface area contributed by atoms with Crippen molar-refractivity contribution in [2.75, 3.05) is 13.2 Å². The monoisotopic (exact) mass is 932 g/mol. The molecule has 9 heteroatoms. The highest BCUT2D eigenvalue weighted by atomic mass is 16.7. The van der Waals surface area contributed by atoms with Crippen molar-refractivity contribution in [3.05, 3.63) is 48.6 Å². The normalized spacial score (nSPS) is 20.1. The second-order valence-corrected chi connectivity index (χ2v) is 19.4. The molecule has 1 fully saturated rings. The van der Waals surface area contributed by atoms with Crippen molar-refractivity contribution in [3.63, 3.8) is 0 Å². The number of allylic oxidation sites excluding steroid dienone is 7. The van der Waals surface area contributed by atoms with Gasteiger partial charge in [-0.05, 0) is 64.2 Å². The Balaban J connectivity index is 2.08. The van der Waals surface area contributed by atoms with E-state index in [0.29, 0.717) is 6.42 Å². The minimum absolute atomic E-state index is 0.186. The van der Waals surface area contributed by atoms with Gasteiger partial charge in [-0.1, -0.05) is 229 Å². The fraction of sp³-hybridized carbons (Fsp3) is 0.842. The van der Waals surface area contributed by atoms with Gasteiger partial charge in [-0.25, -0.2) is 0 Å². The van der Waals surface area contributed by atoms with Gasteiger partial charge in [0.1, 0.15) is 24.4 Å². The third-order valence-corrected chi connectivity index (χ3v) is 13.1. The van der Waals surface area contributed by atoms with Gasteiger partial charge in [-0.2, -0.15) is 0 Å². The molecule has 0 radical (unpaired) electrons. The number of hydrogen-bond acceptors (Lipinski definition) is 8. The molecule has 0 aliphatic carbocycles. The third kappa shape index (κ3) is 36.2. The number of amides is 1. The van der Waals surface area contributed by atoms with Crippen LogP contribution in [-0.2, 0) is 14.3 Å². The van der Waals surface area contributed by atoms with Crippen LogP contribution in [0.4, 0.5) is 0 Å². The fourth-order valence-electron chi connectivity index (χ4n) is 8.67. The maximum Gasteiger partial charge on any atom is 0.220 e. The molecule has 0 saturated carbocycles. The average molecular weight is 932 g/mol. The molecule has 0 aromatic rings. The quantitative estimate of drug-likeness (QED) is 0.0261. The predicted octanol–water partition coefficient (Wildman–Crippen LogP) is 13.3. The summed E-state index contributed by atoms with van der Waals surface area (Å²) >= 11 is 0. The van der Waals surface area contributed by atoms with Gasteiger partial charge in [0.2, 0.25) is 5.91 Å². The summed E-state index contributed by atoms with van der Waals surface area (Å²) < 4.78 is 11.2. The van der Waals surface area contributed by atoms with Crippen molar-refractivity contribution in [3.8, 4) is 0 Å². The Kier molecular flexibility index (Phi) is 44.1. The summed E-state index contributed by atoms with van der Waals surface area (Å²) in [5.74, 6) is -0.186. The van der Waals surface area contributed by atoms with Crippen molar-refractivity contribution >= 4 is 5.91 Å². The molecule has 9 nitrogen and oxygen atoms in total. The molecule has 1 aliphatic rings. The molecule has 7 unspecified atom stereocenters. The molecule has 1 amide bonds. The van der Waals surface area contributed by atoms with Gasteiger partial charge in [0.05, 0.1) is 25.4 Å². The molecule has 1 rings (SSSR count). The summed E-state index contributed by atoms with van der Waals surface area (Å²) in [5, 5.41) is 54.2. The van der Waals surface area contributed by atoms with Crippen LogP contribution in [0, 0.1) is 0 Å². The van der Waals surface area contributed by atoms with Crippen LogP contribution in [0.25, 0.3) is 0 Å². The standard InChI is InChI=1S/C57H105NO8/c1-3-5-7-9-11-13-15-16-17-18-19-20-21-22-23-24-25-26-27-28-29-30-31-32-33-34-35-36-37-39-41-43-45-47-53(61)58-50(49-65-57-56(64)55(63)54(62)52(48-59)66-57)51(60)46-44-42-40-38-14-12-10-8-6-4-2/h14-16,18-19,38,44,46,50-52,54-57,59-60,62-64H,3-13,17,20-37,39-43,45,47-49H2,1-2H3,(H,58,61)/b16-15-,19-18-,38-14+,46-44+. The number of nitrogens with one attached hydrogen (secondary N) is 1. The molecule has 1 saturated heterocycles. The van der Waals surface area contributed by atoms with Crippen LogP contribution in [0.5, 0.6) is 0 Å². The highest BCUT2D eigenvalue weighted by molar-refractivity contribution is 5.76. The van der Waals surface area contributed by atoms with E-state index in [9.17, 15) is 30.3 Å². The number of rotatable bonds is 47. The van der Waals surface area contributed by atoms with E-state index >= 15 is 0 Å². The van der Waals surface area contributed by atoms with E-state index in [1.54, 1.807) is 6.08 Å². The summed E-state index contributed by atoms with van der Waals surface area (Å²) in [6.45, 7) is 3.72. The number of carbonyl (C=O) groups is 1. The minimum Gasteiger partial charge on any atom is -0.394 e. The highest BCUT2D eigenvalue weighted by Crippen LogP contribution is 2.23. The SMILES string of the molecule is CCCCCC/C=C/CC/C=C/C(O)C(COC1OC(CO)C(O)C(O)C1O)NC(=O)CCCCCCCCCCCCCCCCCCCCCCC/C=C\C/C=C\CCCCCCC. The van der Waals surface area contributed by atoms with Crippen LogP contribution in [0.3, 0.4) is 0 Å². The van der Waals surface area contributed by atoms with E-state index in [1.807, 2.05) is 6.08 Å². The van der Waals surface area contributed by atoms with Crippen LogP contribution in [0.1, 0.15) is 251 Å². The van der Waals surface area contributed by atoms with E-state index < -0.39 is 49.5 Å². The Labute approximate surface area is 405 Å². The first-order valence-electron chi connectivity index (χ1n) is 27.9.